The van der Waals surface area contributed by atoms with Crippen LogP contribution in [0, 0.1) is 11.3 Å². The summed E-state index contributed by atoms with van der Waals surface area (Å²) >= 11 is 0. The standard InChI is InChI=1S/C32H40N8O5S/c1-21(45-29-18-26(5-3-24(29)19-33)46(43,44)39-14-9-25(34)10-15-39)20-38-12-7-22(8-13-38)23-4-6-27-28(17-23)37(2)36-31(27)40-16-11-30(41)35-32(40)42/h3-6,17-18,21-22,25H,7-16,20,34H2,1-2H3,(H,35,41,42)/t21-/m0/s1. The number of anilines is 1. The Bertz CT molecular complexity index is 1790. The molecule has 3 amide bonds. The number of benzene rings is 2. The quantitative estimate of drug-likeness (QED) is 0.373. The number of nitrogens with two attached hydrogens (primary N) is 1. The Labute approximate surface area is 268 Å². The number of sulfonamides is 1. The zero-order chi connectivity index (χ0) is 32.6. The van der Waals surface area contributed by atoms with E-state index in [1.165, 1.54) is 33.0 Å². The molecule has 0 spiro atoms. The third kappa shape index (κ3) is 6.46. The summed E-state index contributed by atoms with van der Waals surface area (Å²) in [6.45, 7) is 5.37. The molecule has 0 radical (unpaired) electrons. The summed E-state index contributed by atoms with van der Waals surface area (Å²) in [7, 11) is -1.85. The fraction of sp³-hybridized carbons (Fsp3) is 0.500. The van der Waals surface area contributed by atoms with Crippen LogP contribution < -0.4 is 20.7 Å². The molecular weight excluding hydrogens is 608 g/mol. The Balaban J connectivity index is 1.07. The summed E-state index contributed by atoms with van der Waals surface area (Å²) in [5, 5.41) is 17.5. The van der Waals surface area contributed by atoms with Crippen molar-refractivity contribution in [2.75, 3.05) is 44.2 Å². The first-order chi connectivity index (χ1) is 22.0. The highest BCUT2D eigenvalue weighted by Gasteiger charge is 2.31. The molecule has 1 atom stereocenters. The average Bonchev–Trinajstić information content (AvgIpc) is 3.36. The lowest BCUT2D eigenvalue weighted by Gasteiger charge is -2.34. The number of amides is 3. The zero-order valence-electron chi connectivity index (χ0n) is 26.2. The predicted octanol–water partition coefficient (Wildman–Crippen LogP) is 2.65. The molecule has 1 aromatic heterocycles. The SMILES string of the molecule is C[C@@H](CN1CCC(c2ccc3c(N4CCC(=O)NC4=O)nn(C)c3c2)CC1)Oc1cc(S(=O)(=O)N2CCC(N)CC2)ccc1C#N. The van der Waals surface area contributed by atoms with Gasteiger partial charge in [-0.3, -0.25) is 24.6 Å². The van der Waals surface area contributed by atoms with Crippen molar-refractivity contribution in [1.29, 1.82) is 5.26 Å². The van der Waals surface area contributed by atoms with Crippen molar-refractivity contribution in [2.45, 2.75) is 62.0 Å². The smallest absolute Gasteiger partial charge is 0.329 e. The number of rotatable bonds is 8. The number of likely N-dealkylation sites (tertiary alicyclic amines) is 1. The minimum Gasteiger partial charge on any atom is -0.488 e. The van der Waals surface area contributed by atoms with Crippen LogP contribution in [0.15, 0.2) is 41.3 Å². The van der Waals surface area contributed by atoms with E-state index >= 15 is 0 Å². The minimum absolute atomic E-state index is 0.0142. The topological polar surface area (TPSA) is 167 Å². The molecule has 244 valence electrons. The average molecular weight is 649 g/mol. The number of carbonyl (C=O) groups excluding carboxylic acids is 2. The Morgan fingerprint density at radius 3 is 2.50 bits per heavy atom. The van der Waals surface area contributed by atoms with Crippen LogP contribution in [0.4, 0.5) is 10.6 Å². The van der Waals surface area contributed by atoms with Gasteiger partial charge in [0, 0.05) is 57.1 Å². The number of hydrogen-bond donors (Lipinski definition) is 2. The summed E-state index contributed by atoms with van der Waals surface area (Å²) in [4.78, 5) is 28.0. The Morgan fingerprint density at radius 1 is 1.07 bits per heavy atom. The van der Waals surface area contributed by atoms with E-state index in [4.69, 9.17) is 10.5 Å². The zero-order valence-corrected chi connectivity index (χ0v) is 27.0. The molecule has 4 heterocycles. The van der Waals surface area contributed by atoms with E-state index in [1.807, 2.05) is 20.0 Å². The van der Waals surface area contributed by atoms with Crippen LogP contribution in [0.25, 0.3) is 10.9 Å². The van der Waals surface area contributed by atoms with Crippen molar-refractivity contribution in [1.82, 2.24) is 24.3 Å². The molecular formula is C32H40N8O5S. The summed E-state index contributed by atoms with van der Waals surface area (Å²) < 4.78 is 36.0. The summed E-state index contributed by atoms with van der Waals surface area (Å²) in [6.07, 6.45) is 3.13. The monoisotopic (exact) mass is 648 g/mol. The lowest BCUT2D eigenvalue weighted by Crippen LogP contribution is -2.49. The molecule has 3 N–H and O–H groups in total. The van der Waals surface area contributed by atoms with E-state index in [0.29, 0.717) is 56.3 Å². The molecule has 3 saturated heterocycles. The Morgan fingerprint density at radius 2 is 1.80 bits per heavy atom. The van der Waals surface area contributed by atoms with Crippen molar-refractivity contribution in [2.24, 2.45) is 12.8 Å². The number of fused-ring (bicyclic) bond motifs is 1. The Hall–Kier alpha value is -4.03. The van der Waals surface area contributed by atoms with Crippen molar-refractivity contribution in [3.8, 4) is 11.8 Å². The molecule has 3 aliphatic rings. The maximum atomic E-state index is 13.3. The fourth-order valence-corrected chi connectivity index (χ4v) is 8.15. The molecule has 2 aromatic carbocycles. The van der Waals surface area contributed by atoms with Gasteiger partial charge >= 0.3 is 6.03 Å². The minimum atomic E-state index is -3.71. The number of aryl methyl sites for hydroxylation is 1. The van der Waals surface area contributed by atoms with Gasteiger partial charge in [0.05, 0.1) is 16.0 Å². The number of imide groups is 1. The molecule has 3 aromatic rings. The molecule has 0 unspecified atom stereocenters. The van der Waals surface area contributed by atoms with Crippen LogP contribution in [0.3, 0.4) is 0 Å². The van der Waals surface area contributed by atoms with Crippen LogP contribution in [0.1, 0.15) is 56.1 Å². The fourth-order valence-electron chi connectivity index (χ4n) is 6.66. The first-order valence-electron chi connectivity index (χ1n) is 15.8. The van der Waals surface area contributed by atoms with E-state index in [9.17, 15) is 23.3 Å². The number of ether oxygens (including phenoxy) is 1. The van der Waals surface area contributed by atoms with Crippen LogP contribution in [-0.4, -0.2) is 90.8 Å². The van der Waals surface area contributed by atoms with Crippen LogP contribution in [0.2, 0.25) is 0 Å². The van der Waals surface area contributed by atoms with Crippen molar-refractivity contribution in [3.05, 3.63) is 47.5 Å². The first-order valence-corrected chi connectivity index (χ1v) is 17.2. The maximum Gasteiger partial charge on any atom is 0.329 e. The highest BCUT2D eigenvalue weighted by molar-refractivity contribution is 7.89. The number of aromatic nitrogens is 2. The van der Waals surface area contributed by atoms with Gasteiger partial charge in [0.25, 0.3) is 0 Å². The normalized spacial score (nSPS) is 20.1. The molecule has 0 aliphatic carbocycles. The predicted molar refractivity (Wildman–Crippen MR) is 172 cm³/mol. The molecule has 13 nitrogen and oxygen atoms in total. The number of hydrogen-bond acceptors (Lipinski definition) is 9. The second-order valence-corrected chi connectivity index (χ2v) is 14.4. The largest absolute Gasteiger partial charge is 0.488 e. The summed E-state index contributed by atoms with van der Waals surface area (Å²) in [5.41, 5.74) is 8.41. The van der Waals surface area contributed by atoms with Gasteiger partial charge in [-0.25, -0.2) is 13.2 Å². The van der Waals surface area contributed by atoms with Gasteiger partial charge in [-0.05, 0) is 81.4 Å². The molecule has 0 saturated carbocycles. The van der Waals surface area contributed by atoms with E-state index in [1.54, 1.807) is 4.68 Å². The van der Waals surface area contributed by atoms with Crippen molar-refractivity contribution < 1.29 is 22.7 Å². The molecule has 46 heavy (non-hydrogen) atoms. The van der Waals surface area contributed by atoms with Crippen LogP contribution >= 0.6 is 0 Å². The van der Waals surface area contributed by atoms with Gasteiger partial charge in [0.1, 0.15) is 17.9 Å². The second kappa shape index (κ2) is 13.0. The first kappa shape index (κ1) is 31.9. The molecule has 0 bridgehead atoms. The number of nitriles is 1. The van der Waals surface area contributed by atoms with Gasteiger partial charge in [-0.1, -0.05) is 6.07 Å². The van der Waals surface area contributed by atoms with E-state index in [0.717, 1.165) is 36.8 Å². The highest BCUT2D eigenvalue weighted by atomic mass is 32.2. The van der Waals surface area contributed by atoms with E-state index < -0.39 is 16.1 Å². The van der Waals surface area contributed by atoms with Gasteiger partial charge in [-0.2, -0.15) is 14.7 Å². The molecule has 3 aliphatic heterocycles. The second-order valence-electron chi connectivity index (χ2n) is 12.5. The van der Waals surface area contributed by atoms with Gasteiger partial charge in [0.15, 0.2) is 5.82 Å². The lowest BCUT2D eigenvalue weighted by atomic mass is 9.89. The number of piperidine rings is 2. The highest BCUT2D eigenvalue weighted by Crippen LogP contribution is 2.34. The van der Waals surface area contributed by atoms with Gasteiger partial charge < -0.3 is 10.5 Å². The van der Waals surface area contributed by atoms with E-state index in [2.05, 4.69) is 33.5 Å². The number of carbonyl (C=O) groups is 2. The van der Waals surface area contributed by atoms with Crippen LogP contribution in [0.5, 0.6) is 5.75 Å². The third-order valence-corrected chi connectivity index (χ3v) is 11.2. The maximum absolute atomic E-state index is 13.3. The van der Waals surface area contributed by atoms with Crippen molar-refractivity contribution in [3.63, 3.8) is 0 Å². The van der Waals surface area contributed by atoms with Gasteiger partial charge in [-0.15, -0.1) is 0 Å². The van der Waals surface area contributed by atoms with Crippen molar-refractivity contribution >= 4 is 38.7 Å². The van der Waals surface area contributed by atoms with Gasteiger partial charge in [0.2, 0.25) is 15.9 Å². The number of nitrogens with zero attached hydrogens (tertiary/aromatic N) is 6. The van der Waals surface area contributed by atoms with Crippen LogP contribution in [-0.2, 0) is 21.9 Å². The summed E-state index contributed by atoms with van der Waals surface area (Å²) in [6, 6.07) is 12.4. The molecule has 14 heteroatoms. The van der Waals surface area contributed by atoms with E-state index in [-0.39, 0.29) is 35.1 Å². The third-order valence-electron chi connectivity index (χ3n) is 9.28. The summed E-state index contributed by atoms with van der Waals surface area (Å²) in [5.74, 6) is 0.915. The molecule has 6 rings (SSSR count). The molecule has 3 fully saturated rings. The lowest BCUT2D eigenvalue weighted by molar-refractivity contribution is -0.120. The Kier molecular flexibility index (Phi) is 9.02. The number of nitrogens with one attached hydrogen (secondary N) is 1. The number of urea groups is 1.